The summed E-state index contributed by atoms with van der Waals surface area (Å²) in [5, 5.41) is 2.57. The molecule has 1 aliphatic heterocycles. The molecule has 1 N–H and O–H groups in total. The number of benzene rings is 1. The minimum absolute atomic E-state index is 0.0701. The van der Waals surface area contributed by atoms with E-state index in [1.165, 1.54) is 40.6 Å². The largest absolute Gasteiger partial charge is 0.456 e. The first-order valence-corrected chi connectivity index (χ1v) is 10.1. The molecular weight excluding hydrogens is 399 g/mol. The molecule has 1 heterocycles. The van der Waals surface area contributed by atoms with Crippen molar-refractivity contribution >= 4 is 57.8 Å². The van der Waals surface area contributed by atoms with Crippen LogP contribution in [0.5, 0.6) is 0 Å². The van der Waals surface area contributed by atoms with E-state index in [0.29, 0.717) is 22.4 Å². The smallest absolute Gasteiger partial charge is 0.307 e. The van der Waals surface area contributed by atoms with Gasteiger partial charge in [-0.1, -0.05) is 24.0 Å². The van der Waals surface area contributed by atoms with E-state index in [1.807, 2.05) is 0 Å². The fraction of sp³-hybridized carbons (Fsp3) is 0.375. The van der Waals surface area contributed by atoms with E-state index >= 15 is 0 Å². The molecule has 0 spiro atoms. The Labute approximate surface area is 164 Å². The van der Waals surface area contributed by atoms with Crippen molar-refractivity contribution in [3.05, 3.63) is 30.1 Å². The van der Waals surface area contributed by atoms with E-state index in [4.69, 9.17) is 17.0 Å². The number of hydrogen-bond acceptors (Lipinski definition) is 7. The zero-order chi connectivity index (χ0) is 18.9. The molecule has 0 radical (unpaired) electrons. The van der Waals surface area contributed by atoms with Crippen LogP contribution in [0.15, 0.2) is 29.2 Å². The van der Waals surface area contributed by atoms with Gasteiger partial charge in [0.2, 0.25) is 5.91 Å². The third kappa shape index (κ3) is 6.93. The summed E-state index contributed by atoms with van der Waals surface area (Å²) >= 11 is 7.73. The first kappa shape index (κ1) is 20.7. The molecule has 1 saturated heterocycles. The normalized spacial score (nSPS) is 13.8. The van der Waals surface area contributed by atoms with Crippen LogP contribution in [0.2, 0.25) is 0 Å². The number of ether oxygens (including phenoxy) is 1. The number of carbonyl (C=O) groups is 3. The maximum atomic E-state index is 12.8. The van der Waals surface area contributed by atoms with Gasteiger partial charge in [0.15, 0.2) is 6.61 Å². The average molecular weight is 417 g/mol. The van der Waals surface area contributed by atoms with E-state index in [-0.39, 0.29) is 31.3 Å². The Kier molecular flexibility index (Phi) is 8.33. The molecular formula is C16H17FN2O4S3. The lowest BCUT2D eigenvalue weighted by Gasteiger charge is -2.15. The predicted molar refractivity (Wildman–Crippen MR) is 102 cm³/mol. The molecule has 26 heavy (non-hydrogen) atoms. The van der Waals surface area contributed by atoms with Crippen molar-refractivity contribution in [2.75, 3.05) is 31.2 Å². The summed E-state index contributed by atoms with van der Waals surface area (Å²) in [6.07, 6.45) is 0.142. The molecule has 0 atom stereocenters. The highest BCUT2D eigenvalue weighted by Gasteiger charge is 2.25. The summed E-state index contributed by atoms with van der Waals surface area (Å²) in [5.74, 6) is -0.496. The number of thiocarbonyl (C=S) groups is 1. The number of thioether (sulfide) groups is 2. The Morgan fingerprint density at radius 1 is 1.35 bits per heavy atom. The summed E-state index contributed by atoms with van der Waals surface area (Å²) in [6.45, 7) is 0.176. The number of carbonyl (C=O) groups excluding carboxylic acids is 3. The van der Waals surface area contributed by atoms with Gasteiger partial charge in [-0.15, -0.1) is 11.8 Å². The average Bonchev–Trinajstić information content (AvgIpc) is 2.93. The number of halogens is 1. The summed E-state index contributed by atoms with van der Waals surface area (Å²) in [4.78, 5) is 37.1. The molecule has 2 rings (SSSR count). The molecule has 140 valence electrons. The second-order valence-corrected chi connectivity index (χ2v) is 7.94. The highest BCUT2D eigenvalue weighted by Crippen LogP contribution is 2.19. The van der Waals surface area contributed by atoms with Gasteiger partial charge in [0.1, 0.15) is 10.1 Å². The van der Waals surface area contributed by atoms with Crippen LogP contribution in [0, 0.1) is 5.82 Å². The molecule has 0 saturated carbocycles. The maximum Gasteiger partial charge on any atom is 0.307 e. The summed E-state index contributed by atoms with van der Waals surface area (Å²) in [7, 11) is 0. The van der Waals surface area contributed by atoms with Crippen molar-refractivity contribution in [2.45, 2.75) is 11.3 Å². The molecule has 1 aromatic rings. The Balaban J connectivity index is 1.55. The van der Waals surface area contributed by atoms with Crippen molar-refractivity contribution < 1.29 is 23.5 Å². The molecule has 0 aromatic heterocycles. The van der Waals surface area contributed by atoms with Crippen molar-refractivity contribution in [2.24, 2.45) is 0 Å². The first-order chi connectivity index (χ1) is 12.5. The quantitative estimate of drug-likeness (QED) is 0.374. The number of amides is 2. The standard InChI is InChI=1S/C16H17FN2O4S3/c17-11-1-3-12(4-2-11)25-8-5-15(22)23-9-13(20)18-6-7-19-14(21)10-26-16(19)24/h1-4H,5-10H2,(H,18,20). The third-order valence-corrected chi connectivity index (χ3v) is 5.70. The van der Waals surface area contributed by atoms with Gasteiger partial charge in [-0.2, -0.15) is 0 Å². The van der Waals surface area contributed by atoms with Crippen LogP contribution >= 0.6 is 35.7 Å². The van der Waals surface area contributed by atoms with E-state index < -0.39 is 11.9 Å². The molecule has 10 heteroatoms. The van der Waals surface area contributed by atoms with Gasteiger partial charge < -0.3 is 10.1 Å². The lowest BCUT2D eigenvalue weighted by atomic mass is 10.4. The van der Waals surface area contributed by atoms with Crippen molar-refractivity contribution in [3.8, 4) is 0 Å². The Morgan fingerprint density at radius 3 is 2.73 bits per heavy atom. The number of esters is 1. The van der Waals surface area contributed by atoms with Crippen molar-refractivity contribution in [3.63, 3.8) is 0 Å². The van der Waals surface area contributed by atoms with E-state index in [0.717, 1.165) is 4.90 Å². The monoisotopic (exact) mass is 416 g/mol. The number of rotatable bonds is 9. The number of nitrogens with one attached hydrogen (secondary N) is 1. The number of hydrogen-bond donors (Lipinski definition) is 1. The Bertz CT molecular complexity index is 669. The van der Waals surface area contributed by atoms with Crippen LogP contribution in [0.4, 0.5) is 4.39 Å². The van der Waals surface area contributed by atoms with Crippen LogP contribution < -0.4 is 5.32 Å². The van der Waals surface area contributed by atoms with Gasteiger partial charge >= 0.3 is 5.97 Å². The first-order valence-electron chi connectivity index (χ1n) is 7.73. The second-order valence-electron chi connectivity index (χ2n) is 5.16. The van der Waals surface area contributed by atoms with Crippen molar-refractivity contribution in [1.82, 2.24) is 10.2 Å². The minimum Gasteiger partial charge on any atom is -0.456 e. The van der Waals surface area contributed by atoms with Crippen LogP contribution in [0.1, 0.15) is 6.42 Å². The zero-order valence-electron chi connectivity index (χ0n) is 13.7. The van der Waals surface area contributed by atoms with Crippen LogP contribution in [-0.4, -0.2) is 58.2 Å². The second kappa shape index (κ2) is 10.5. The van der Waals surface area contributed by atoms with E-state index in [1.54, 1.807) is 12.1 Å². The van der Waals surface area contributed by atoms with Gasteiger partial charge in [0.05, 0.1) is 12.2 Å². The Hall–Kier alpha value is -1.65. The van der Waals surface area contributed by atoms with Crippen LogP contribution in [0.3, 0.4) is 0 Å². The molecule has 1 fully saturated rings. The third-order valence-electron chi connectivity index (χ3n) is 3.25. The highest BCUT2D eigenvalue weighted by molar-refractivity contribution is 8.23. The predicted octanol–water partition coefficient (Wildman–Crippen LogP) is 1.83. The molecule has 6 nitrogen and oxygen atoms in total. The maximum absolute atomic E-state index is 12.8. The van der Waals surface area contributed by atoms with E-state index in [2.05, 4.69) is 5.32 Å². The topological polar surface area (TPSA) is 75.7 Å². The SMILES string of the molecule is O=C(COC(=O)CCSc1ccc(F)cc1)NCCN1C(=O)CSC1=S. The van der Waals surface area contributed by atoms with Crippen LogP contribution in [-0.2, 0) is 19.1 Å². The van der Waals surface area contributed by atoms with Gasteiger partial charge in [-0.25, -0.2) is 4.39 Å². The lowest BCUT2D eigenvalue weighted by Crippen LogP contribution is -2.38. The fourth-order valence-corrected chi connectivity index (χ4v) is 3.91. The summed E-state index contributed by atoms with van der Waals surface area (Å²) in [6, 6.07) is 5.97. The van der Waals surface area contributed by atoms with Crippen molar-refractivity contribution in [1.29, 1.82) is 0 Å². The molecule has 2 amide bonds. The Morgan fingerprint density at radius 2 is 2.08 bits per heavy atom. The summed E-state index contributed by atoms with van der Waals surface area (Å²) < 4.78 is 18.2. The van der Waals surface area contributed by atoms with E-state index in [9.17, 15) is 18.8 Å². The van der Waals surface area contributed by atoms with Gasteiger partial charge in [-0.3, -0.25) is 19.3 Å². The molecule has 0 aliphatic carbocycles. The fourth-order valence-electron chi connectivity index (χ4n) is 1.96. The minimum atomic E-state index is -0.484. The lowest BCUT2D eigenvalue weighted by molar-refractivity contribution is -0.148. The highest BCUT2D eigenvalue weighted by atomic mass is 32.2. The number of nitrogens with zero attached hydrogens (tertiary/aromatic N) is 1. The van der Waals surface area contributed by atoms with Gasteiger partial charge in [-0.05, 0) is 24.3 Å². The van der Waals surface area contributed by atoms with Gasteiger partial charge in [0, 0.05) is 23.7 Å². The molecule has 1 aromatic carbocycles. The van der Waals surface area contributed by atoms with Gasteiger partial charge in [0.25, 0.3) is 5.91 Å². The molecule has 0 unspecified atom stereocenters. The van der Waals surface area contributed by atoms with Crippen LogP contribution in [0.25, 0.3) is 0 Å². The zero-order valence-corrected chi connectivity index (χ0v) is 16.2. The summed E-state index contributed by atoms with van der Waals surface area (Å²) in [5.41, 5.74) is 0. The molecule has 1 aliphatic rings. The molecule has 0 bridgehead atoms.